The van der Waals surface area contributed by atoms with Crippen molar-refractivity contribution >= 4 is 28.9 Å². The summed E-state index contributed by atoms with van der Waals surface area (Å²) in [6, 6.07) is 13.9. The Morgan fingerprint density at radius 2 is 1.77 bits per heavy atom. The maximum absolute atomic E-state index is 12.1. The number of carbonyl (C=O) groups is 1. The topological polar surface area (TPSA) is 81.1 Å². The standard InChI is InChI=1S/C16H12ClN3O2/c17-11-3-7-13(8-4-11)19-15(21)14-9-22-16(20-14)10-1-5-12(18)6-2-10/h1-9H,18H2,(H,19,21). The zero-order valence-electron chi connectivity index (χ0n) is 11.4. The number of nitrogen functional groups attached to an aromatic ring is 1. The van der Waals surface area contributed by atoms with E-state index in [0.717, 1.165) is 5.56 Å². The number of hydrogen-bond donors (Lipinski definition) is 2. The number of nitrogens with zero attached hydrogens (tertiary/aromatic N) is 1. The maximum atomic E-state index is 12.1. The van der Waals surface area contributed by atoms with Crippen molar-refractivity contribution in [2.24, 2.45) is 0 Å². The lowest BCUT2D eigenvalue weighted by atomic mass is 10.2. The Labute approximate surface area is 131 Å². The molecule has 6 heteroatoms. The zero-order valence-corrected chi connectivity index (χ0v) is 12.2. The van der Waals surface area contributed by atoms with E-state index >= 15 is 0 Å². The van der Waals surface area contributed by atoms with E-state index < -0.39 is 0 Å². The van der Waals surface area contributed by atoms with Crippen LogP contribution in [0, 0.1) is 0 Å². The highest BCUT2D eigenvalue weighted by molar-refractivity contribution is 6.30. The Bertz CT molecular complexity index is 795. The maximum Gasteiger partial charge on any atom is 0.277 e. The Morgan fingerprint density at radius 3 is 2.45 bits per heavy atom. The molecule has 3 aromatic rings. The Morgan fingerprint density at radius 1 is 1.09 bits per heavy atom. The number of halogens is 1. The molecule has 0 bridgehead atoms. The quantitative estimate of drug-likeness (QED) is 0.720. The number of benzene rings is 2. The number of hydrogen-bond acceptors (Lipinski definition) is 4. The molecule has 110 valence electrons. The van der Waals surface area contributed by atoms with Gasteiger partial charge in [0.05, 0.1) is 0 Å². The van der Waals surface area contributed by atoms with Gasteiger partial charge in [0.2, 0.25) is 5.89 Å². The summed E-state index contributed by atoms with van der Waals surface area (Å²) in [6.07, 6.45) is 1.32. The number of nitrogens with two attached hydrogens (primary N) is 1. The van der Waals surface area contributed by atoms with Gasteiger partial charge < -0.3 is 15.5 Å². The van der Waals surface area contributed by atoms with Crippen molar-refractivity contribution in [2.45, 2.75) is 0 Å². The largest absolute Gasteiger partial charge is 0.444 e. The number of aromatic nitrogens is 1. The van der Waals surface area contributed by atoms with Crippen LogP contribution < -0.4 is 11.1 Å². The van der Waals surface area contributed by atoms with Crippen LogP contribution >= 0.6 is 11.6 Å². The van der Waals surface area contributed by atoms with E-state index in [4.69, 9.17) is 21.8 Å². The van der Waals surface area contributed by atoms with Gasteiger partial charge in [0.25, 0.3) is 5.91 Å². The molecule has 0 spiro atoms. The van der Waals surface area contributed by atoms with Gasteiger partial charge in [-0.3, -0.25) is 4.79 Å². The molecule has 0 unspecified atom stereocenters. The first-order valence-electron chi connectivity index (χ1n) is 6.50. The van der Waals surface area contributed by atoms with Crippen LogP contribution in [-0.2, 0) is 0 Å². The number of carbonyl (C=O) groups excluding carboxylic acids is 1. The second kappa shape index (κ2) is 5.91. The number of nitrogens with one attached hydrogen (secondary N) is 1. The molecule has 0 aliphatic carbocycles. The average Bonchev–Trinajstić information content (AvgIpc) is 3.00. The van der Waals surface area contributed by atoms with Gasteiger partial charge in [-0.15, -0.1) is 0 Å². The van der Waals surface area contributed by atoms with Crippen molar-refractivity contribution in [3.05, 3.63) is 65.5 Å². The minimum absolute atomic E-state index is 0.196. The molecule has 0 radical (unpaired) electrons. The molecule has 22 heavy (non-hydrogen) atoms. The van der Waals surface area contributed by atoms with Crippen molar-refractivity contribution in [1.82, 2.24) is 4.98 Å². The highest BCUT2D eigenvalue weighted by Crippen LogP contribution is 2.20. The van der Waals surface area contributed by atoms with Gasteiger partial charge in [0, 0.05) is 22.0 Å². The molecule has 0 aliphatic heterocycles. The second-order valence-electron chi connectivity index (χ2n) is 4.62. The molecule has 3 rings (SSSR count). The summed E-state index contributed by atoms with van der Waals surface area (Å²) in [4.78, 5) is 16.3. The lowest BCUT2D eigenvalue weighted by Gasteiger charge is -2.02. The van der Waals surface area contributed by atoms with Crippen LogP contribution in [0.2, 0.25) is 5.02 Å². The lowest BCUT2D eigenvalue weighted by molar-refractivity contribution is 0.102. The van der Waals surface area contributed by atoms with Crippen molar-refractivity contribution in [1.29, 1.82) is 0 Å². The summed E-state index contributed by atoms with van der Waals surface area (Å²) in [5.41, 5.74) is 7.86. The molecule has 1 heterocycles. The summed E-state index contributed by atoms with van der Waals surface area (Å²) in [7, 11) is 0. The number of anilines is 2. The summed E-state index contributed by atoms with van der Waals surface area (Å²) < 4.78 is 5.33. The monoisotopic (exact) mass is 313 g/mol. The molecule has 0 aliphatic rings. The molecular formula is C16H12ClN3O2. The Balaban J connectivity index is 1.76. The normalized spacial score (nSPS) is 10.4. The van der Waals surface area contributed by atoms with Crippen molar-refractivity contribution in [2.75, 3.05) is 11.1 Å². The van der Waals surface area contributed by atoms with Gasteiger partial charge in [0.15, 0.2) is 5.69 Å². The van der Waals surface area contributed by atoms with Gasteiger partial charge >= 0.3 is 0 Å². The summed E-state index contributed by atoms with van der Waals surface area (Å²) in [5, 5.41) is 3.32. The fourth-order valence-electron chi connectivity index (χ4n) is 1.86. The first kappa shape index (κ1) is 14.2. The third kappa shape index (κ3) is 3.10. The van der Waals surface area contributed by atoms with E-state index in [-0.39, 0.29) is 11.6 Å². The van der Waals surface area contributed by atoms with Crippen LogP contribution in [0.25, 0.3) is 11.5 Å². The first-order chi connectivity index (χ1) is 10.6. The summed E-state index contributed by atoms with van der Waals surface area (Å²) >= 11 is 5.80. The van der Waals surface area contributed by atoms with E-state index in [0.29, 0.717) is 22.3 Å². The molecule has 0 fully saturated rings. The van der Waals surface area contributed by atoms with Gasteiger partial charge in [-0.1, -0.05) is 11.6 Å². The highest BCUT2D eigenvalue weighted by Gasteiger charge is 2.13. The van der Waals surface area contributed by atoms with Crippen LogP contribution in [0.3, 0.4) is 0 Å². The molecule has 0 saturated heterocycles. The zero-order chi connectivity index (χ0) is 15.5. The number of oxazole rings is 1. The Kier molecular flexibility index (Phi) is 3.80. The van der Waals surface area contributed by atoms with Crippen LogP contribution in [0.4, 0.5) is 11.4 Å². The van der Waals surface area contributed by atoms with Crippen LogP contribution in [0.5, 0.6) is 0 Å². The molecule has 0 saturated carbocycles. The van der Waals surface area contributed by atoms with Gasteiger partial charge in [-0.05, 0) is 48.5 Å². The SMILES string of the molecule is Nc1ccc(-c2nc(C(=O)Nc3ccc(Cl)cc3)co2)cc1. The molecule has 1 aromatic heterocycles. The molecule has 1 amide bonds. The minimum atomic E-state index is -0.354. The van der Waals surface area contributed by atoms with Crippen molar-refractivity contribution in [3.8, 4) is 11.5 Å². The fraction of sp³-hybridized carbons (Fsp3) is 0. The van der Waals surface area contributed by atoms with Gasteiger partial charge in [0.1, 0.15) is 6.26 Å². The third-order valence-electron chi connectivity index (χ3n) is 3.00. The molecule has 2 aromatic carbocycles. The van der Waals surface area contributed by atoms with E-state index in [2.05, 4.69) is 10.3 Å². The van der Waals surface area contributed by atoms with E-state index in [9.17, 15) is 4.79 Å². The Hall–Kier alpha value is -2.79. The molecule has 5 nitrogen and oxygen atoms in total. The molecule has 3 N–H and O–H groups in total. The van der Waals surface area contributed by atoms with E-state index in [1.54, 1.807) is 48.5 Å². The van der Waals surface area contributed by atoms with Crippen LogP contribution in [0.1, 0.15) is 10.5 Å². The van der Waals surface area contributed by atoms with Crippen LogP contribution in [-0.4, -0.2) is 10.9 Å². The lowest BCUT2D eigenvalue weighted by Crippen LogP contribution is -2.12. The predicted octanol–water partition coefficient (Wildman–Crippen LogP) is 3.83. The summed E-state index contributed by atoms with van der Waals surface area (Å²) in [6.45, 7) is 0. The molecular weight excluding hydrogens is 302 g/mol. The minimum Gasteiger partial charge on any atom is -0.444 e. The van der Waals surface area contributed by atoms with Crippen LogP contribution in [0.15, 0.2) is 59.2 Å². The van der Waals surface area contributed by atoms with Crippen molar-refractivity contribution in [3.63, 3.8) is 0 Å². The number of rotatable bonds is 3. The number of amides is 1. The first-order valence-corrected chi connectivity index (χ1v) is 6.88. The van der Waals surface area contributed by atoms with E-state index in [1.165, 1.54) is 6.26 Å². The highest BCUT2D eigenvalue weighted by atomic mass is 35.5. The average molecular weight is 314 g/mol. The summed E-state index contributed by atoms with van der Waals surface area (Å²) in [5.74, 6) is 0.00836. The smallest absolute Gasteiger partial charge is 0.277 e. The second-order valence-corrected chi connectivity index (χ2v) is 5.06. The fourth-order valence-corrected chi connectivity index (χ4v) is 1.99. The van der Waals surface area contributed by atoms with Gasteiger partial charge in [-0.25, -0.2) is 4.98 Å². The van der Waals surface area contributed by atoms with E-state index in [1.807, 2.05) is 0 Å². The van der Waals surface area contributed by atoms with Gasteiger partial charge in [-0.2, -0.15) is 0 Å². The van der Waals surface area contributed by atoms with Crippen molar-refractivity contribution < 1.29 is 9.21 Å². The molecule has 0 atom stereocenters. The predicted molar refractivity (Wildman–Crippen MR) is 85.8 cm³/mol. The third-order valence-corrected chi connectivity index (χ3v) is 3.25.